The first-order valence-electron chi connectivity index (χ1n) is 4.08. The van der Waals surface area contributed by atoms with Gasteiger partial charge in [-0.05, 0) is 0 Å². The second-order valence-electron chi connectivity index (χ2n) is 2.48. The Labute approximate surface area is 83.6 Å². The van der Waals surface area contributed by atoms with Gasteiger partial charge in [-0.2, -0.15) is 26.3 Å². The third kappa shape index (κ3) is 4.70. The van der Waals surface area contributed by atoms with Crippen molar-refractivity contribution in [2.45, 2.75) is 24.6 Å². The summed E-state index contributed by atoms with van der Waals surface area (Å²) >= 11 is 0. The maximum absolute atomic E-state index is 12.2. The van der Waals surface area contributed by atoms with Crippen molar-refractivity contribution in [2.75, 3.05) is 14.2 Å². The largest absolute Gasteiger partial charge is 0.404 e. The van der Waals surface area contributed by atoms with Gasteiger partial charge in [0.1, 0.15) is 0 Å². The molecule has 8 heteroatoms. The Balaban J connectivity index is 4.92. The van der Waals surface area contributed by atoms with E-state index in [-0.39, 0.29) is 0 Å². The van der Waals surface area contributed by atoms with E-state index in [0.29, 0.717) is 14.2 Å². The van der Waals surface area contributed by atoms with Crippen LogP contribution in [0.2, 0.25) is 0 Å². The third-order valence-electron chi connectivity index (χ3n) is 1.37. The molecule has 92 valence electrons. The molecule has 0 heterocycles. The van der Waals surface area contributed by atoms with Crippen LogP contribution in [0.25, 0.3) is 0 Å². The molecule has 0 fully saturated rings. The molecule has 0 amide bonds. The fraction of sp³-hybridized carbons (Fsp3) is 0.857. The van der Waals surface area contributed by atoms with Gasteiger partial charge in [0.25, 0.3) is 0 Å². The topological polar surface area (TPSA) is 18.5 Å². The summed E-state index contributed by atoms with van der Waals surface area (Å²) in [5.41, 5.74) is 0. The Bertz CT molecular complexity index is 194. The zero-order valence-electron chi connectivity index (χ0n) is 8.74. The normalized spacial score (nSPS) is 18.9. The highest BCUT2D eigenvalue weighted by Crippen LogP contribution is 2.31. The van der Waals surface area contributed by atoms with Crippen molar-refractivity contribution in [3.63, 3.8) is 0 Å². The van der Waals surface area contributed by atoms with Crippen LogP contribution in [0.5, 0.6) is 0 Å². The van der Waals surface area contributed by atoms with Crippen molar-refractivity contribution in [3.05, 3.63) is 6.40 Å². The zero-order valence-corrected chi connectivity index (χ0v) is 7.74. The highest BCUT2D eigenvalue weighted by molar-refractivity contribution is 4.93. The number of hydrogen-bond acceptors (Lipinski definition) is 2. The Morgan fingerprint density at radius 3 is 1.33 bits per heavy atom. The monoisotopic (exact) mass is 240 g/mol. The van der Waals surface area contributed by atoms with Crippen molar-refractivity contribution in [1.82, 2.24) is 0 Å². The Morgan fingerprint density at radius 1 is 0.933 bits per heavy atom. The Morgan fingerprint density at radius 2 is 1.20 bits per heavy atom. The summed E-state index contributed by atoms with van der Waals surface area (Å²) in [6.45, 7) is 0. The molecule has 2 nitrogen and oxygen atoms in total. The number of methoxy groups -OCH3 is 2. The van der Waals surface area contributed by atoms with E-state index < -0.39 is 31.0 Å². The molecule has 15 heavy (non-hydrogen) atoms. The molecular weight excluding hydrogens is 230 g/mol. The lowest BCUT2D eigenvalue weighted by molar-refractivity contribution is -0.232. The van der Waals surface area contributed by atoms with Gasteiger partial charge in [0.2, 0.25) is 0 Å². The van der Waals surface area contributed by atoms with Crippen molar-refractivity contribution in [2.24, 2.45) is 0 Å². The maximum Gasteiger partial charge on any atom is 0.387 e. The molecule has 0 aromatic rings. The van der Waals surface area contributed by atoms with Crippen molar-refractivity contribution in [3.8, 4) is 0 Å². The zero-order chi connectivity index (χ0) is 13.1. The van der Waals surface area contributed by atoms with Crippen LogP contribution in [0.15, 0.2) is 0 Å². The van der Waals surface area contributed by atoms with E-state index in [1.165, 1.54) is 0 Å². The van der Waals surface area contributed by atoms with Gasteiger partial charge in [-0.3, -0.25) is 6.40 Å². The first kappa shape index (κ1) is 12.6. The predicted molar refractivity (Wildman–Crippen MR) is 38.0 cm³/mol. The van der Waals surface area contributed by atoms with E-state index in [2.05, 4.69) is 9.47 Å². The smallest absolute Gasteiger partial charge is 0.387 e. The summed E-state index contributed by atoms with van der Waals surface area (Å²) in [6, 6.07) is 0. The van der Waals surface area contributed by atoms with Crippen LogP contribution >= 0.6 is 0 Å². The molecule has 2 atom stereocenters. The lowest BCUT2D eigenvalue weighted by Gasteiger charge is -2.33. The van der Waals surface area contributed by atoms with Crippen molar-refractivity contribution >= 4 is 0 Å². The van der Waals surface area contributed by atoms with Gasteiger partial charge in [-0.1, -0.05) is 0 Å². The fourth-order valence-corrected chi connectivity index (χ4v) is 0.730. The third-order valence-corrected chi connectivity index (χ3v) is 1.37. The molecule has 2 unspecified atom stereocenters. The maximum atomic E-state index is 12.2. The lowest BCUT2D eigenvalue weighted by Crippen LogP contribution is -2.41. The molecule has 0 saturated carbocycles. The van der Waals surface area contributed by atoms with Gasteiger partial charge < -0.3 is 9.47 Å². The van der Waals surface area contributed by atoms with Gasteiger partial charge in [0.15, 0.2) is 0 Å². The van der Waals surface area contributed by atoms with Crippen LogP contribution < -0.4 is 0 Å². The summed E-state index contributed by atoms with van der Waals surface area (Å²) in [4.78, 5) is 0. The first-order chi connectivity index (χ1) is 7.05. The summed E-state index contributed by atoms with van der Waals surface area (Å²) in [5.74, 6) is 0. The average Bonchev–Trinajstić information content (AvgIpc) is 2.00. The Kier molecular flexibility index (Phi) is 4.21. The standard InChI is InChI=1S/C7H9F6O2/c1-14-4(6(8,9)10)3-5(15-2)7(11,12)13/h3-5H,1-2H3/q-1/i3D. The van der Waals surface area contributed by atoms with E-state index in [9.17, 15) is 26.3 Å². The molecule has 0 aromatic carbocycles. The summed E-state index contributed by atoms with van der Waals surface area (Å²) in [5, 5.41) is 0. The minimum atomic E-state index is -5.09. The summed E-state index contributed by atoms with van der Waals surface area (Å²) in [7, 11) is 1.13. The fourth-order valence-electron chi connectivity index (χ4n) is 0.730. The number of halogens is 6. The molecule has 0 radical (unpaired) electrons. The molecule has 0 aliphatic carbocycles. The minimum Gasteiger partial charge on any atom is -0.404 e. The SMILES string of the molecule is [2H][C-](C(OC)C(F)(F)F)C(OC)C(F)(F)F. The number of hydrogen-bond donors (Lipinski definition) is 0. The van der Waals surface area contributed by atoms with Crippen molar-refractivity contribution in [1.29, 1.82) is 0 Å². The van der Waals surface area contributed by atoms with E-state index >= 15 is 0 Å². The molecule has 0 aliphatic heterocycles. The highest BCUT2D eigenvalue weighted by Gasteiger charge is 2.41. The second kappa shape index (κ2) is 5.02. The minimum absolute atomic E-state index is 0.565. The number of alkyl halides is 6. The molecule has 0 rings (SSSR count). The summed E-state index contributed by atoms with van der Waals surface area (Å²) in [6.07, 6.45) is -17.8. The molecule has 0 spiro atoms. The first-order valence-corrected chi connectivity index (χ1v) is 3.58. The molecule has 0 aliphatic rings. The predicted octanol–water partition coefficient (Wildman–Crippen LogP) is 2.35. The van der Waals surface area contributed by atoms with Gasteiger partial charge in [-0.25, -0.2) is 1.37 Å². The van der Waals surface area contributed by atoms with E-state index in [4.69, 9.17) is 1.37 Å². The molecule has 0 N–H and O–H groups in total. The van der Waals surface area contributed by atoms with Crippen LogP contribution in [-0.4, -0.2) is 38.8 Å². The van der Waals surface area contributed by atoms with Gasteiger partial charge >= 0.3 is 12.4 Å². The number of rotatable bonds is 4. The van der Waals surface area contributed by atoms with E-state index in [0.717, 1.165) is 0 Å². The van der Waals surface area contributed by atoms with Crippen LogP contribution in [0.4, 0.5) is 26.3 Å². The number of ether oxygens (including phenoxy) is 2. The van der Waals surface area contributed by atoms with Crippen LogP contribution in [-0.2, 0) is 9.47 Å². The quantitative estimate of drug-likeness (QED) is 0.554. The van der Waals surface area contributed by atoms with Gasteiger partial charge in [0.05, 0.1) is 0 Å². The average molecular weight is 240 g/mol. The Hall–Kier alpha value is -0.500. The summed E-state index contributed by atoms with van der Waals surface area (Å²) < 4.78 is 87.5. The molecule has 0 aromatic heterocycles. The van der Waals surface area contributed by atoms with Crippen molar-refractivity contribution < 1.29 is 37.2 Å². The van der Waals surface area contributed by atoms with Crippen LogP contribution in [0, 0.1) is 6.40 Å². The lowest BCUT2D eigenvalue weighted by atomic mass is 10.1. The van der Waals surface area contributed by atoms with Gasteiger partial charge in [0, 0.05) is 26.4 Å². The molecular formula is C7H9F6O2-. The molecule has 0 bridgehead atoms. The van der Waals surface area contributed by atoms with E-state index in [1.54, 1.807) is 0 Å². The van der Waals surface area contributed by atoms with E-state index in [1.807, 2.05) is 0 Å². The highest BCUT2D eigenvalue weighted by atomic mass is 19.4. The van der Waals surface area contributed by atoms with Crippen LogP contribution in [0.1, 0.15) is 1.37 Å². The van der Waals surface area contributed by atoms with Crippen LogP contribution in [0.3, 0.4) is 0 Å². The van der Waals surface area contributed by atoms with Gasteiger partial charge in [-0.15, -0.1) is 0 Å². The second-order valence-corrected chi connectivity index (χ2v) is 2.48. The molecule has 0 saturated heterocycles.